The van der Waals surface area contributed by atoms with Gasteiger partial charge in [0.15, 0.2) is 0 Å². The van der Waals surface area contributed by atoms with Gasteiger partial charge >= 0.3 is 5.97 Å². The first-order valence-electron chi connectivity index (χ1n) is 13.4. The van der Waals surface area contributed by atoms with Crippen LogP contribution in [0.2, 0.25) is 0 Å². The number of thiol groups is 1. The number of benzene rings is 2. The van der Waals surface area contributed by atoms with Gasteiger partial charge in [0.1, 0.15) is 0 Å². The van der Waals surface area contributed by atoms with Crippen LogP contribution < -0.4 is 10.1 Å². The summed E-state index contributed by atoms with van der Waals surface area (Å²) in [4.78, 5) is 29.3. The van der Waals surface area contributed by atoms with E-state index in [1.165, 1.54) is 0 Å². The average Bonchev–Trinajstić information content (AvgIpc) is 3.69. The molecule has 1 aliphatic rings. The molecule has 2 N–H and O–H groups in total. The monoisotopic (exact) mass is 535 g/mol. The molecule has 0 spiro atoms. The average molecular weight is 536 g/mol. The highest BCUT2D eigenvalue weighted by molar-refractivity contribution is 7.81. The number of hydrogen-bond donors (Lipinski definition) is 3. The highest BCUT2D eigenvalue weighted by Gasteiger charge is 2.32. The van der Waals surface area contributed by atoms with Gasteiger partial charge in [0.2, 0.25) is 5.91 Å². The summed E-state index contributed by atoms with van der Waals surface area (Å²) in [6, 6.07) is 15.5. The molecule has 3 aromatic rings. The van der Waals surface area contributed by atoms with Gasteiger partial charge in [-0.15, -0.1) is 0 Å². The highest BCUT2D eigenvalue weighted by atomic mass is 32.1. The van der Waals surface area contributed by atoms with E-state index in [2.05, 4.69) is 43.3 Å². The Morgan fingerprint density at radius 1 is 1.16 bits per heavy atom. The van der Waals surface area contributed by atoms with Gasteiger partial charge in [-0.2, -0.15) is 17.6 Å². The fourth-order valence-electron chi connectivity index (χ4n) is 4.55. The molecule has 38 heavy (non-hydrogen) atoms. The molecule has 0 saturated heterocycles. The molecular formula is C30H37N3O4S. The smallest absolute Gasteiger partial charge is 0.336 e. The minimum atomic E-state index is -0.947. The van der Waals surface area contributed by atoms with E-state index >= 15 is 0 Å². The first-order chi connectivity index (χ1) is 18.3. The number of hydrogen-bond acceptors (Lipinski definition) is 5. The molecule has 1 atom stereocenters. The molecule has 0 radical (unpaired) electrons. The normalized spacial score (nSPS) is 13.9. The standard InChI is InChI=1S/C30H37N3O4S/c1-4-15-37-30-32-27(22-13-14-22)25(17-31-28(34)26(38)16-19(2)3)33(30)18-20-9-11-21(12-10-20)23-7-5-6-8-24(23)29(35)36/h5-12,19,22,26,38H,4,13-18H2,1-3H3,(H,31,34)(H,35,36). The van der Waals surface area contributed by atoms with Gasteiger partial charge in [0, 0.05) is 5.92 Å². The van der Waals surface area contributed by atoms with E-state index in [-0.39, 0.29) is 16.7 Å². The fourth-order valence-corrected chi connectivity index (χ4v) is 5.07. The number of carboxylic acids is 1. The van der Waals surface area contributed by atoms with Crippen molar-refractivity contribution in [2.75, 3.05) is 6.61 Å². The summed E-state index contributed by atoms with van der Waals surface area (Å²) >= 11 is 4.51. The van der Waals surface area contributed by atoms with Crippen molar-refractivity contribution in [1.29, 1.82) is 0 Å². The van der Waals surface area contributed by atoms with E-state index in [4.69, 9.17) is 9.72 Å². The van der Waals surface area contributed by atoms with E-state index < -0.39 is 5.97 Å². The second-order valence-electron chi connectivity index (χ2n) is 10.3. The number of amides is 1. The van der Waals surface area contributed by atoms with E-state index in [0.717, 1.165) is 41.8 Å². The molecule has 1 aromatic heterocycles. The van der Waals surface area contributed by atoms with Crippen LogP contribution in [0.3, 0.4) is 0 Å². The van der Waals surface area contributed by atoms with Gasteiger partial charge in [0.05, 0.1) is 41.9 Å². The molecule has 1 unspecified atom stereocenters. The lowest BCUT2D eigenvalue weighted by Crippen LogP contribution is -2.32. The van der Waals surface area contributed by atoms with Crippen molar-refractivity contribution >= 4 is 24.5 Å². The first-order valence-corrected chi connectivity index (χ1v) is 13.9. The van der Waals surface area contributed by atoms with E-state index in [1.807, 2.05) is 36.4 Å². The Balaban J connectivity index is 1.61. The second-order valence-corrected chi connectivity index (χ2v) is 11.0. The van der Waals surface area contributed by atoms with Gasteiger partial charge in [-0.3, -0.25) is 9.36 Å². The fraction of sp³-hybridized carbons (Fsp3) is 0.433. The first kappa shape index (κ1) is 27.8. The summed E-state index contributed by atoms with van der Waals surface area (Å²) in [6.45, 7) is 7.68. The van der Waals surface area contributed by atoms with Crippen molar-refractivity contribution in [2.45, 2.75) is 70.7 Å². The highest BCUT2D eigenvalue weighted by Crippen LogP contribution is 2.42. The molecule has 7 nitrogen and oxygen atoms in total. The zero-order valence-electron chi connectivity index (χ0n) is 22.3. The summed E-state index contributed by atoms with van der Waals surface area (Å²) in [6.07, 6.45) is 3.76. The quantitative estimate of drug-likeness (QED) is 0.236. The van der Waals surface area contributed by atoms with Crippen LogP contribution in [0.15, 0.2) is 48.5 Å². The predicted octanol–water partition coefficient (Wildman–Crippen LogP) is 5.92. The Morgan fingerprint density at radius 2 is 1.87 bits per heavy atom. The third-order valence-corrected chi connectivity index (χ3v) is 7.10. The van der Waals surface area contributed by atoms with Crippen molar-refractivity contribution in [2.24, 2.45) is 5.92 Å². The molecule has 1 heterocycles. The molecule has 2 aromatic carbocycles. The molecule has 1 fully saturated rings. The summed E-state index contributed by atoms with van der Waals surface area (Å²) in [5, 5.41) is 12.3. The van der Waals surface area contributed by atoms with Crippen LogP contribution >= 0.6 is 12.6 Å². The number of ether oxygens (including phenoxy) is 1. The van der Waals surface area contributed by atoms with Gasteiger partial charge < -0.3 is 15.2 Å². The van der Waals surface area contributed by atoms with Gasteiger partial charge in [-0.05, 0) is 54.4 Å². The molecule has 1 amide bonds. The maximum absolute atomic E-state index is 12.8. The molecule has 8 heteroatoms. The number of nitrogens with one attached hydrogen (secondary N) is 1. The predicted molar refractivity (Wildman–Crippen MR) is 152 cm³/mol. The lowest BCUT2D eigenvalue weighted by molar-refractivity contribution is -0.121. The Kier molecular flexibility index (Phi) is 9.15. The zero-order chi connectivity index (χ0) is 27.2. The number of rotatable bonds is 13. The Morgan fingerprint density at radius 3 is 2.50 bits per heavy atom. The largest absolute Gasteiger partial charge is 0.478 e. The molecule has 0 aliphatic heterocycles. The second kappa shape index (κ2) is 12.5. The minimum Gasteiger partial charge on any atom is -0.478 e. The summed E-state index contributed by atoms with van der Waals surface area (Å²) in [5.74, 6) is -0.245. The lowest BCUT2D eigenvalue weighted by atomic mass is 9.99. The van der Waals surface area contributed by atoms with Crippen LogP contribution in [0, 0.1) is 5.92 Å². The van der Waals surface area contributed by atoms with Gasteiger partial charge in [0.25, 0.3) is 6.01 Å². The lowest BCUT2D eigenvalue weighted by Gasteiger charge is -2.16. The van der Waals surface area contributed by atoms with Crippen molar-refractivity contribution in [3.05, 3.63) is 71.0 Å². The maximum atomic E-state index is 12.8. The number of imidazole rings is 1. The molecule has 1 saturated carbocycles. The number of carboxylic acid groups (broad SMARTS) is 1. The number of aromatic nitrogens is 2. The molecular weight excluding hydrogens is 498 g/mol. The Hall–Kier alpha value is -3.26. The van der Waals surface area contributed by atoms with E-state index in [9.17, 15) is 14.7 Å². The van der Waals surface area contributed by atoms with Crippen LogP contribution in [0.5, 0.6) is 6.01 Å². The van der Waals surface area contributed by atoms with E-state index in [1.54, 1.807) is 12.1 Å². The van der Waals surface area contributed by atoms with Crippen LogP contribution in [-0.2, 0) is 17.9 Å². The topological polar surface area (TPSA) is 93.5 Å². The Labute approximate surface area is 230 Å². The van der Waals surface area contributed by atoms with Gasteiger partial charge in [-0.1, -0.05) is 63.2 Å². The third kappa shape index (κ3) is 6.78. The molecule has 4 rings (SSSR count). The Bertz CT molecular complexity index is 1270. The summed E-state index contributed by atoms with van der Waals surface area (Å²) in [7, 11) is 0. The van der Waals surface area contributed by atoms with Crippen molar-refractivity contribution in [3.8, 4) is 17.1 Å². The molecule has 1 aliphatic carbocycles. The zero-order valence-corrected chi connectivity index (χ0v) is 23.2. The van der Waals surface area contributed by atoms with E-state index in [0.29, 0.717) is 49.5 Å². The molecule has 202 valence electrons. The van der Waals surface area contributed by atoms with Crippen molar-refractivity contribution in [3.63, 3.8) is 0 Å². The number of nitrogens with zero attached hydrogens (tertiary/aromatic N) is 2. The number of carbonyl (C=O) groups is 2. The number of aromatic carboxylic acids is 1. The third-order valence-electron chi connectivity index (χ3n) is 6.66. The molecule has 0 bridgehead atoms. The van der Waals surface area contributed by atoms with Crippen LogP contribution in [0.1, 0.15) is 79.7 Å². The summed E-state index contributed by atoms with van der Waals surface area (Å²) in [5.41, 5.74) is 4.80. The van der Waals surface area contributed by atoms with Crippen molar-refractivity contribution < 1.29 is 19.4 Å². The summed E-state index contributed by atoms with van der Waals surface area (Å²) < 4.78 is 8.13. The van der Waals surface area contributed by atoms with Crippen molar-refractivity contribution in [1.82, 2.24) is 14.9 Å². The minimum absolute atomic E-state index is 0.0750. The van der Waals surface area contributed by atoms with Crippen LogP contribution in [0.4, 0.5) is 0 Å². The van der Waals surface area contributed by atoms with Crippen LogP contribution in [0.25, 0.3) is 11.1 Å². The van der Waals surface area contributed by atoms with Crippen LogP contribution in [-0.4, -0.2) is 38.4 Å². The number of carbonyl (C=O) groups excluding carboxylic acids is 1. The maximum Gasteiger partial charge on any atom is 0.336 e. The SMILES string of the molecule is CCCOc1nc(C2CC2)c(CNC(=O)C(S)CC(C)C)n1Cc1ccc(-c2ccccc2C(=O)O)cc1. The van der Waals surface area contributed by atoms with Gasteiger partial charge in [-0.25, -0.2) is 4.79 Å².